The van der Waals surface area contributed by atoms with Crippen LogP contribution in [0, 0.1) is 0 Å². The van der Waals surface area contributed by atoms with Gasteiger partial charge in [-0.1, -0.05) is 0 Å². The number of halogens is 3. The minimum absolute atomic E-state index is 0.255. The molecule has 1 aromatic rings. The Labute approximate surface area is 106 Å². The maximum absolute atomic E-state index is 12.2. The Morgan fingerprint density at radius 1 is 1.65 bits per heavy atom. The van der Waals surface area contributed by atoms with Crippen molar-refractivity contribution in [1.29, 1.82) is 0 Å². The summed E-state index contributed by atoms with van der Waals surface area (Å²) in [7, 11) is 2.94. The smallest absolute Gasteiger partial charge is 0.257 e. The summed E-state index contributed by atoms with van der Waals surface area (Å²) in [6, 6.07) is 1.54. The second-order valence-corrected chi connectivity index (χ2v) is 4.29. The van der Waals surface area contributed by atoms with Gasteiger partial charge < -0.3 is 10.2 Å². The number of carbonyl (C=O) groups excluding carboxylic acids is 1. The largest absolute Gasteiger partial charge is 0.372 e. The van der Waals surface area contributed by atoms with Crippen molar-refractivity contribution in [3.8, 4) is 0 Å². The Hall–Kier alpha value is -1.24. The number of carbonyl (C=O) groups is 1. The monoisotopic (exact) mass is 307 g/mol. The lowest BCUT2D eigenvalue weighted by Crippen LogP contribution is -2.31. The van der Waals surface area contributed by atoms with Gasteiger partial charge in [-0.25, -0.2) is 13.8 Å². The summed E-state index contributed by atoms with van der Waals surface area (Å²) in [5, 5.41) is 2.74. The van der Waals surface area contributed by atoms with Crippen molar-refractivity contribution >= 4 is 27.7 Å². The van der Waals surface area contributed by atoms with Crippen LogP contribution in [-0.4, -0.2) is 42.9 Å². The van der Waals surface area contributed by atoms with Crippen LogP contribution in [0.4, 0.5) is 14.6 Å². The Morgan fingerprint density at radius 3 is 2.82 bits per heavy atom. The van der Waals surface area contributed by atoms with Crippen molar-refractivity contribution in [2.24, 2.45) is 0 Å². The number of hydrogen-bond acceptors (Lipinski definition) is 3. The number of alkyl halides is 2. The quantitative estimate of drug-likeness (QED) is 0.928. The number of aromatic nitrogens is 1. The van der Waals surface area contributed by atoms with E-state index >= 15 is 0 Å². The van der Waals surface area contributed by atoms with Crippen LogP contribution in [0.5, 0.6) is 0 Å². The second-order valence-electron chi connectivity index (χ2n) is 3.38. The molecule has 7 heteroatoms. The van der Waals surface area contributed by atoms with Gasteiger partial charge >= 0.3 is 0 Å². The molecule has 1 N–H and O–H groups in total. The molecule has 0 radical (unpaired) electrons. The number of rotatable bonds is 4. The number of nitrogens with one attached hydrogen (secondary N) is 1. The van der Waals surface area contributed by atoms with Crippen molar-refractivity contribution in [3.05, 3.63) is 22.3 Å². The molecule has 0 saturated heterocycles. The highest BCUT2D eigenvalue weighted by molar-refractivity contribution is 9.10. The van der Waals surface area contributed by atoms with Crippen molar-refractivity contribution in [3.63, 3.8) is 0 Å². The molecule has 0 aliphatic carbocycles. The highest BCUT2D eigenvalue weighted by Crippen LogP contribution is 2.19. The summed E-state index contributed by atoms with van der Waals surface area (Å²) in [6.07, 6.45) is -1.03. The third-order valence-electron chi connectivity index (χ3n) is 2.08. The summed E-state index contributed by atoms with van der Waals surface area (Å²) >= 11 is 3.18. The predicted molar refractivity (Wildman–Crippen MR) is 64.4 cm³/mol. The molecule has 94 valence electrons. The zero-order chi connectivity index (χ0) is 13.0. The molecule has 17 heavy (non-hydrogen) atoms. The average molecular weight is 308 g/mol. The molecule has 0 saturated carbocycles. The summed E-state index contributed by atoms with van der Waals surface area (Å²) in [5.41, 5.74) is 0.255. The van der Waals surface area contributed by atoms with Crippen LogP contribution in [-0.2, 0) is 0 Å². The fourth-order valence-corrected chi connectivity index (χ4v) is 1.63. The van der Waals surface area contributed by atoms with Gasteiger partial charge in [0.25, 0.3) is 12.3 Å². The molecule has 0 atom stereocenters. The van der Waals surface area contributed by atoms with E-state index in [2.05, 4.69) is 26.2 Å². The average Bonchev–Trinajstić information content (AvgIpc) is 2.27. The zero-order valence-electron chi connectivity index (χ0n) is 9.38. The van der Waals surface area contributed by atoms with Crippen molar-refractivity contribution < 1.29 is 13.6 Å². The van der Waals surface area contributed by atoms with Crippen molar-refractivity contribution in [2.45, 2.75) is 6.43 Å². The molecule has 0 unspecified atom stereocenters. The van der Waals surface area contributed by atoms with Gasteiger partial charge in [-0.05, 0) is 22.0 Å². The van der Waals surface area contributed by atoms with Crippen molar-refractivity contribution in [2.75, 3.05) is 26.0 Å². The van der Waals surface area contributed by atoms with E-state index in [0.29, 0.717) is 10.3 Å². The minimum atomic E-state index is -2.55. The third-order valence-corrected chi connectivity index (χ3v) is 2.51. The van der Waals surface area contributed by atoms with Crippen LogP contribution >= 0.6 is 15.9 Å². The SMILES string of the molecule is CNc1ncc(Br)cc1C(=O)N(C)CC(F)F. The topological polar surface area (TPSA) is 45.2 Å². The standard InChI is InChI=1S/C10H12BrF2N3O/c1-14-9-7(3-6(11)4-15-9)10(17)16(2)5-8(12)13/h3-4,8H,5H2,1-2H3,(H,14,15). The summed E-state index contributed by atoms with van der Waals surface area (Å²) in [5.74, 6) is -0.136. The molecule has 1 rings (SSSR count). The van der Waals surface area contributed by atoms with E-state index in [1.807, 2.05) is 0 Å². The van der Waals surface area contributed by atoms with E-state index in [1.54, 1.807) is 13.1 Å². The van der Waals surface area contributed by atoms with Gasteiger partial charge in [0.1, 0.15) is 5.82 Å². The number of amides is 1. The van der Waals surface area contributed by atoms with Crippen LogP contribution in [0.25, 0.3) is 0 Å². The van der Waals surface area contributed by atoms with E-state index in [1.165, 1.54) is 13.2 Å². The molecule has 0 aliphatic heterocycles. The number of nitrogens with zero attached hydrogens (tertiary/aromatic N) is 2. The van der Waals surface area contributed by atoms with Gasteiger partial charge in [0.2, 0.25) is 0 Å². The first-order valence-electron chi connectivity index (χ1n) is 4.82. The summed E-state index contributed by atoms with van der Waals surface area (Å²) in [4.78, 5) is 16.9. The molecule has 0 spiro atoms. The lowest BCUT2D eigenvalue weighted by atomic mass is 10.2. The molecule has 1 aromatic heterocycles. The van der Waals surface area contributed by atoms with Gasteiger partial charge in [-0.3, -0.25) is 4.79 Å². The van der Waals surface area contributed by atoms with Gasteiger partial charge in [-0.15, -0.1) is 0 Å². The molecule has 1 heterocycles. The van der Waals surface area contributed by atoms with Crippen LogP contribution in [0.15, 0.2) is 16.7 Å². The van der Waals surface area contributed by atoms with Gasteiger partial charge in [0.05, 0.1) is 12.1 Å². The van der Waals surface area contributed by atoms with E-state index in [0.717, 1.165) is 4.90 Å². The van der Waals surface area contributed by atoms with E-state index in [4.69, 9.17) is 0 Å². The van der Waals surface area contributed by atoms with Gasteiger partial charge in [-0.2, -0.15) is 0 Å². The number of pyridine rings is 1. The molecule has 1 amide bonds. The third kappa shape index (κ3) is 3.62. The van der Waals surface area contributed by atoms with E-state index < -0.39 is 18.9 Å². The highest BCUT2D eigenvalue weighted by atomic mass is 79.9. The Kier molecular flexibility index (Phi) is 4.80. The first kappa shape index (κ1) is 13.8. The molecule has 0 bridgehead atoms. The molecule has 0 aliphatic rings. The zero-order valence-corrected chi connectivity index (χ0v) is 11.0. The molecule has 0 fully saturated rings. The minimum Gasteiger partial charge on any atom is -0.372 e. The van der Waals surface area contributed by atoms with Gasteiger partial charge in [0, 0.05) is 24.8 Å². The predicted octanol–water partition coefficient (Wildman–Crippen LogP) is 2.22. The van der Waals surface area contributed by atoms with Gasteiger partial charge in [0.15, 0.2) is 0 Å². The highest BCUT2D eigenvalue weighted by Gasteiger charge is 2.19. The lowest BCUT2D eigenvalue weighted by Gasteiger charge is -2.18. The Morgan fingerprint density at radius 2 is 2.29 bits per heavy atom. The number of hydrogen-bond donors (Lipinski definition) is 1. The van der Waals surface area contributed by atoms with Crippen LogP contribution < -0.4 is 5.32 Å². The van der Waals surface area contributed by atoms with Crippen LogP contribution in [0.3, 0.4) is 0 Å². The first-order valence-corrected chi connectivity index (χ1v) is 5.62. The first-order chi connectivity index (χ1) is 7.95. The fraction of sp³-hybridized carbons (Fsp3) is 0.400. The maximum Gasteiger partial charge on any atom is 0.257 e. The molecule has 4 nitrogen and oxygen atoms in total. The second kappa shape index (κ2) is 5.90. The van der Waals surface area contributed by atoms with Crippen molar-refractivity contribution in [1.82, 2.24) is 9.88 Å². The molecule has 0 aromatic carbocycles. The van der Waals surface area contributed by atoms with Crippen LogP contribution in [0.2, 0.25) is 0 Å². The Bertz CT molecular complexity index is 415. The number of anilines is 1. The lowest BCUT2D eigenvalue weighted by molar-refractivity contribution is 0.0621. The van der Waals surface area contributed by atoms with E-state index in [9.17, 15) is 13.6 Å². The maximum atomic E-state index is 12.2. The normalized spacial score (nSPS) is 10.5. The fourth-order valence-electron chi connectivity index (χ4n) is 1.30. The van der Waals surface area contributed by atoms with E-state index in [-0.39, 0.29) is 5.56 Å². The molecular weight excluding hydrogens is 296 g/mol. The summed E-state index contributed by atoms with van der Waals surface area (Å²) < 4.78 is 25.0. The Balaban J connectivity index is 2.98. The molecular formula is C10H12BrF2N3O. The van der Waals surface area contributed by atoms with Crippen LogP contribution in [0.1, 0.15) is 10.4 Å². The summed E-state index contributed by atoms with van der Waals surface area (Å²) in [6.45, 7) is -0.603.